The number of methoxy groups -OCH3 is 1. The van der Waals surface area contributed by atoms with Crippen LogP contribution in [-0.4, -0.2) is 18.2 Å². The Hall–Kier alpha value is -1.65. The van der Waals surface area contributed by atoms with Crippen LogP contribution in [0.2, 0.25) is 5.02 Å². The standard InChI is InChI=1S/C20H23ClN2OS/c1-24-19-11-10-17(12-15(19)13-25-18-4-2-3-5-18)23-20(22)14-6-8-16(21)9-7-14/h6-12,18H,2-5,13H2,1H3,(H2,22,23). The molecule has 2 aromatic rings. The molecule has 0 saturated heterocycles. The van der Waals surface area contributed by atoms with Crippen molar-refractivity contribution in [3.63, 3.8) is 0 Å². The Bertz CT molecular complexity index is 740. The topological polar surface area (TPSA) is 47.6 Å². The number of rotatable bonds is 6. The second-order valence-electron chi connectivity index (χ2n) is 6.22. The maximum atomic E-state index is 6.14. The number of nitrogens with zero attached hydrogens (tertiary/aromatic N) is 1. The molecule has 2 N–H and O–H groups in total. The lowest BCUT2D eigenvalue weighted by atomic mass is 10.2. The molecule has 1 fully saturated rings. The van der Waals surface area contributed by atoms with Crippen LogP contribution in [-0.2, 0) is 5.75 Å². The van der Waals surface area contributed by atoms with Gasteiger partial charge < -0.3 is 10.5 Å². The van der Waals surface area contributed by atoms with Crippen molar-refractivity contribution >= 4 is 34.9 Å². The van der Waals surface area contributed by atoms with Crippen molar-refractivity contribution < 1.29 is 4.74 Å². The molecule has 2 aromatic carbocycles. The summed E-state index contributed by atoms with van der Waals surface area (Å²) in [5.74, 6) is 2.34. The van der Waals surface area contributed by atoms with Crippen LogP contribution in [0.15, 0.2) is 47.5 Å². The number of thioether (sulfide) groups is 1. The fourth-order valence-corrected chi connectivity index (χ4v) is 4.47. The minimum Gasteiger partial charge on any atom is -0.496 e. The van der Waals surface area contributed by atoms with Gasteiger partial charge in [0, 0.05) is 27.2 Å². The van der Waals surface area contributed by atoms with E-state index in [0.717, 1.165) is 28.0 Å². The van der Waals surface area contributed by atoms with Gasteiger partial charge in [-0.25, -0.2) is 4.99 Å². The molecule has 0 bridgehead atoms. The molecule has 132 valence electrons. The molecule has 0 spiro atoms. The zero-order valence-corrected chi connectivity index (χ0v) is 15.9. The van der Waals surface area contributed by atoms with E-state index in [9.17, 15) is 0 Å². The van der Waals surface area contributed by atoms with Crippen molar-refractivity contribution in [2.45, 2.75) is 36.7 Å². The molecular formula is C20H23ClN2OS. The van der Waals surface area contributed by atoms with Gasteiger partial charge in [-0.05, 0) is 55.3 Å². The zero-order valence-electron chi connectivity index (χ0n) is 14.4. The number of halogens is 1. The second-order valence-corrected chi connectivity index (χ2v) is 7.94. The molecule has 3 rings (SSSR count). The van der Waals surface area contributed by atoms with Crippen molar-refractivity contribution in [3.8, 4) is 5.75 Å². The van der Waals surface area contributed by atoms with Gasteiger partial charge in [-0.1, -0.05) is 24.4 Å². The summed E-state index contributed by atoms with van der Waals surface area (Å²) in [6, 6.07) is 13.4. The minimum absolute atomic E-state index is 0.483. The Balaban J connectivity index is 1.77. The van der Waals surface area contributed by atoms with E-state index < -0.39 is 0 Å². The van der Waals surface area contributed by atoms with Crippen molar-refractivity contribution in [2.24, 2.45) is 10.7 Å². The van der Waals surface area contributed by atoms with Crippen molar-refractivity contribution in [2.75, 3.05) is 7.11 Å². The Kier molecular flexibility index (Phi) is 6.27. The summed E-state index contributed by atoms with van der Waals surface area (Å²) in [6.07, 6.45) is 5.37. The monoisotopic (exact) mass is 374 g/mol. The Morgan fingerprint density at radius 2 is 1.92 bits per heavy atom. The number of nitrogens with two attached hydrogens (primary N) is 1. The summed E-state index contributed by atoms with van der Waals surface area (Å²) >= 11 is 7.94. The van der Waals surface area contributed by atoms with Crippen LogP contribution in [0.25, 0.3) is 0 Å². The molecule has 0 aliphatic heterocycles. The van der Waals surface area contributed by atoms with Crippen LogP contribution < -0.4 is 10.5 Å². The third-order valence-electron chi connectivity index (χ3n) is 4.43. The van der Waals surface area contributed by atoms with Crippen LogP contribution in [0.1, 0.15) is 36.8 Å². The van der Waals surface area contributed by atoms with Gasteiger partial charge in [0.25, 0.3) is 0 Å². The van der Waals surface area contributed by atoms with Gasteiger partial charge in [-0.2, -0.15) is 11.8 Å². The van der Waals surface area contributed by atoms with E-state index in [4.69, 9.17) is 22.1 Å². The van der Waals surface area contributed by atoms with Gasteiger partial charge in [0.2, 0.25) is 0 Å². The summed E-state index contributed by atoms with van der Waals surface area (Å²) in [5, 5.41) is 1.46. The lowest BCUT2D eigenvalue weighted by molar-refractivity contribution is 0.411. The lowest BCUT2D eigenvalue weighted by Gasteiger charge is -2.12. The van der Waals surface area contributed by atoms with Crippen LogP contribution in [0, 0.1) is 0 Å². The second kappa shape index (κ2) is 8.63. The first kappa shape index (κ1) is 18.2. The largest absolute Gasteiger partial charge is 0.496 e. The summed E-state index contributed by atoms with van der Waals surface area (Å²) in [4.78, 5) is 4.56. The van der Waals surface area contributed by atoms with Crippen LogP contribution in [0.5, 0.6) is 5.75 Å². The summed E-state index contributed by atoms with van der Waals surface area (Å²) in [5.41, 5.74) is 9.02. The smallest absolute Gasteiger partial charge is 0.131 e. The summed E-state index contributed by atoms with van der Waals surface area (Å²) in [7, 11) is 1.71. The number of hydrogen-bond donors (Lipinski definition) is 1. The Morgan fingerprint density at radius 1 is 1.20 bits per heavy atom. The van der Waals surface area contributed by atoms with Crippen molar-refractivity contribution in [1.29, 1.82) is 0 Å². The van der Waals surface area contributed by atoms with Gasteiger partial charge in [0.15, 0.2) is 0 Å². The number of aliphatic imine (C=N–C) groups is 1. The fourth-order valence-electron chi connectivity index (χ4n) is 3.03. The molecule has 1 aliphatic carbocycles. The third kappa shape index (κ3) is 4.93. The highest BCUT2D eigenvalue weighted by Crippen LogP contribution is 2.35. The van der Waals surface area contributed by atoms with Gasteiger partial charge in [0.05, 0.1) is 12.8 Å². The molecule has 1 saturated carbocycles. The van der Waals surface area contributed by atoms with Crippen molar-refractivity contribution in [1.82, 2.24) is 0 Å². The van der Waals surface area contributed by atoms with Crippen molar-refractivity contribution in [3.05, 3.63) is 58.6 Å². The van der Waals surface area contributed by atoms with E-state index >= 15 is 0 Å². The predicted molar refractivity (Wildman–Crippen MR) is 108 cm³/mol. The first-order valence-electron chi connectivity index (χ1n) is 8.54. The molecule has 0 amide bonds. The maximum Gasteiger partial charge on any atom is 0.131 e. The molecule has 0 unspecified atom stereocenters. The molecule has 0 heterocycles. The van der Waals surface area contributed by atoms with E-state index in [2.05, 4.69) is 11.1 Å². The number of benzene rings is 2. The molecule has 5 heteroatoms. The van der Waals surface area contributed by atoms with Crippen LogP contribution in [0.3, 0.4) is 0 Å². The first-order valence-corrected chi connectivity index (χ1v) is 9.97. The van der Waals surface area contributed by atoms with E-state index in [1.807, 2.05) is 48.2 Å². The van der Waals surface area contributed by atoms with E-state index in [1.165, 1.54) is 31.2 Å². The highest BCUT2D eigenvalue weighted by Gasteiger charge is 2.16. The van der Waals surface area contributed by atoms with Gasteiger partial charge >= 0.3 is 0 Å². The molecule has 25 heavy (non-hydrogen) atoms. The molecule has 1 aliphatic rings. The van der Waals surface area contributed by atoms with Crippen LogP contribution in [0.4, 0.5) is 5.69 Å². The summed E-state index contributed by atoms with van der Waals surface area (Å²) < 4.78 is 5.51. The third-order valence-corrected chi connectivity index (χ3v) is 6.10. The normalized spacial score (nSPS) is 15.5. The quantitative estimate of drug-likeness (QED) is 0.531. The first-order chi connectivity index (χ1) is 12.2. The average molecular weight is 375 g/mol. The SMILES string of the molecule is COc1ccc(N=C(N)c2ccc(Cl)cc2)cc1CSC1CCCC1. The van der Waals surface area contributed by atoms with Gasteiger partial charge in [0.1, 0.15) is 11.6 Å². The Labute approximate surface area is 158 Å². The minimum atomic E-state index is 0.483. The van der Waals surface area contributed by atoms with E-state index in [1.54, 1.807) is 7.11 Å². The van der Waals surface area contributed by atoms with Gasteiger partial charge in [-0.15, -0.1) is 0 Å². The molecular weight excluding hydrogens is 352 g/mol. The number of ether oxygens (including phenoxy) is 1. The highest BCUT2D eigenvalue weighted by atomic mass is 35.5. The zero-order chi connectivity index (χ0) is 17.6. The maximum absolute atomic E-state index is 6.14. The van der Waals surface area contributed by atoms with Gasteiger partial charge in [-0.3, -0.25) is 0 Å². The molecule has 0 aromatic heterocycles. The average Bonchev–Trinajstić information content (AvgIpc) is 3.14. The fraction of sp³-hybridized carbons (Fsp3) is 0.350. The molecule has 0 atom stereocenters. The Morgan fingerprint density at radius 3 is 2.60 bits per heavy atom. The lowest BCUT2D eigenvalue weighted by Crippen LogP contribution is -2.12. The number of hydrogen-bond acceptors (Lipinski definition) is 3. The predicted octanol–water partition coefficient (Wildman–Crippen LogP) is 5.56. The molecule has 0 radical (unpaired) electrons. The summed E-state index contributed by atoms with van der Waals surface area (Å²) in [6.45, 7) is 0. The number of amidine groups is 1. The van der Waals surface area contributed by atoms with E-state index in [0.29, 0.717) is 10.9 Å². The molecule has 3 nitrogen and oxygen atoms in total. The highest BCUT2D eigenvalue weighted by molar-refractivity contribution is 7.99. The van der Waals surface area contributed by atoms with Crippen LogP contribution >= 0.6 is 23.4 Å². The van der Waals surface area contributed by atoms with E-state index in [-0.39, 0.29) is 0 Å².